The maximum Gasteiger partial charge on any atom is 0.252 e. The number of nitrogens with one attached hydrogen (secondary N) is 1. The van der Waals surface area contributed by atoms with Crippen molar-refractivity contribution >= 4 is 11.8 Å². The number of carbonyl (C=O) groups excluding carboxylic acids is 1. The molecule has 0 bridgehead atoms. The van der Waals surface area contributed by atoms with E-state index in [9.17, 15) is 13.6 Å². The smallest absolute Gasteiger partial charge is 0.252 e. The summed E-state index contributed by atoms with van der Waals surface area (Å²) in [5.41, 5.74) is 10.7. The summed E-state index contributed by atoms with van der Waals surface area (Å²) in [5.74, 6) is -0.975. The molecule has 1 aliphatic rings. The number of nitrogens with zero attached hydrogens (tertiary/aromatic N) is 4. The molecule has 5 rings (SSSR count). The van der Waals surface area contributed by atoms with Gasteiger partial charge >= 0.3 is 0 Å². The van der Waals surface area contributed by atoms with Gasteiger partial charge in [-0.25, -0.2) is 13.8 Å². The normalized spacial score (nSPS) is 17.0. The van der Waals surface area contributed by atoms with E-state index in [0.29, 0.717) is 41.0 Å². The van der Waals surface area contributed by atoms with Crippen LogP contribution in [0.4, 0.5) is 8.78 Å². The van der Waals surface area contributed by atoms with Crippen LogP contribution in [0.1, 0.15) is 40.3 Å². The van der Waals surface area contributed by atoms with Crippen LogP contribution in [0.15, 0.2) is 107 Å². The Hall–Kier alpha value is -5.25. The second-order valence-electron chi connectivity index (χ2n) is 10.8. The maximum absolute atomic E-state index is 14.4. The Bertz CT molecular complexity index is 1710. The summed E-state index contributed by atoms with van der Waals surface area (Å²) in [7, 11) is 0. The number of rotatable bonds is 14. The fourth-order valence-electron chi connectivity index (χ4n) is 5.44. The summed E-state index contributed by atoms with van der Waals surface area (Å²) < 4.78 is 39.9. The van der Waals surface area contributed by atoms with E-state index in [0.717, 1.165) is 11.6 Å². The zero-order chi connectivity index (χ0) is 32.4. The van der Waals surface area contributed by atoms with Gasteiger partial charge in [0.25, 0.3) is 5.91 Å². The van der Waals surface area contributed by atoms with Crippen molar-refractivity contribution in [1.82, 2.24) is 5.32 Å². The van der Waals surface area contributed by atoms with Gasteiger partial charge in [0.15, 0.2) is 11.6 Å². The summed E-state index contributed by atoms with van der Waals surface area (Å²) in [6.07, 6.45) is -0.0601. The third kappa shape index (κ3) is 7.69. The lowest BCUT2D eigenvalue weighted by Gasteiger charge is -2.32. The fourth-order valence-corrected chi connectivity index (χ4v) is 5.44. The predicted octanol–water partition coefficient (Wildman–Crippen LogP) is 6.39. The van der Waals surface area contributed by atoms with Crippen molar-refractivity contribution in [2.75, 3.05) is 19.8 Å². The molecule has 0 saturated carbocycles. The number of benzene rings is 4. The van der Waals surface area contributed by atoms with Gasteiger partial charge in [0, 0.05) is 42.5 Å². The number of aliphatic hydroxyl groups is 1. The van der Waals surface area contributed by atoms with Crippen LogP contribution in [0, 0.1) is 11.6 Å². The van der Waals surface area contributed by atoms with Crippen molar-refractivity contribution in [3.8, 4) is 5.75 Å². The topological polar surface area (TPSA) is 129 Å². The maximum atomic E-state index is 14.4. The first-order valence-corrected chi connectivity index (χ1v) is 14.9. The van der Waals surface area contributed by atoms with E-state index in [-0.39, 0.29) is 38.4 Å². The summed E-state index contributed by atoms with van der Waals surface area (Å²) in [6.45, 7) is 0.516. The highest BCUT2D eigenvalue weighted by atomic mass is 19.1. The Morgan fingerprint density at radius 2 is 1.72 bits per heavy atom. The first kappa shape index (κ1) is 32.2. The number of halogens is 2. The minimum Gasteiger partial charge on any atom is -0.494 e. The number of hydrogen-bond acceptors (Lipinski definition) is 6. The second-order valence-corrected chi connectivity index (χ2v) is 10.8. The lowest BCUT2D eigenvalue weighted by molar-refractivity contribution is -0.128. The summed E-state index contributed by atoms with van der Waals surface area (Å²) in [4.78, 5) is 22.3. The number of aliphatic imine (C=N–C) groups is 1. The largest absolute Gasteiger partial charge is 0.494 e. The molecule has 46 heavy (non-hydrogen) atoms. The van der Waals surface area contributed by atoms with Crippen LogP contribution >= 0.6 is 0 Å². The van der Waals surface area contributed by atoms with Crippen molar-refractivity contribution in [3.05, 3.63) is 147 Å². The van der Waals surface area contributed by atoms with Gasteiger partial charge in [-0.1, -0.05) is 59.7 Å². The average Bonchev–Trinajstić information content (AvgIpc) is 3.44. The van der Waals surface area contributed by atoms with Crippen LogP contribution in [-0.4, -0.2) is 42.2 Å². The predicted molar refractivity (Wildman–Crippen MR) is 169 cm³/mol. The summed E-state index contributed by atoms with van der Waals surface area (Å²) >= 11 is 0. The lowest BCUT2D eigenvalue weighted by atomic mass is 9.80. The lowest BCUT2D eigenvalue weighted by Crippen LogP contribution is -2.50. The van der Waals surface area contributed by atoms with Gasteiger partial charge < -0.3 is 19.9 Å². The molecule has 0 saturated heterocycles. The van der Waals surface area contributed by atoms with E-state index in [1.54, 1.807) is 24.3 Å². The summed E-state index contributed by atoms with van der Waals surface area (Å²) in [5, 5.41) is 15.8. The molecule has 1 aliphatic heterocycles. The third-order valence-electron chi connectivity index (χ3n) is 7.61. The molecule has 0 fully saturated rings. The molecule has 0 aliphatic carbocycles. The molecular formula is C35H33F2N5O4. The van der Waals surface area contributed by atoms with Crippen LogP contribution in [0.3, 0.4) is 0 Å². The van der Waals surface area contributed by atoms with E-state index in [4.69, 9.17) is 25.1 Å². The highest BCUT2D eigenvalue weighted by Gasteiger charge is 2.53. The number of hydrogen-bond donors (Lipinski definition) is 2. The minimum absolute atomic E-state index is 0.0238. The van der Waals surface area contributed by atoms with Gasteiger partial charge in [-0.3, -0.25) is 4.79 Å². The van der Waals surface area contributed by atoms with Gasteiger partial charge in [0.2, 0.25) is 5.90 Å². The average molecular weight is 626 g/mol. The highest BCUT2D eigenvalue weighted by molar-refractivity contribution is 6.01. The van der Waals surface area contributed by atoms with Gasteiger partial charge in [-0.15, -0.1) is 0 Å². The van der Waals surface area contributed by atoms with Crippen molar-refractivity contribution in [3.63, 3.8) is 0 Å². The molecule has 0 unspecified atom stereocenters. The van der Waals surface area contributed by atoms with Gasteiger partial charge in [0.05, 0.1) is 13.2 Å². The van der Waals surface area contributed by atoms with Gasteiger partial charge in [0.1, 0.15) is 17.4 Å². The Morgan fingerprint density at radius 1 is 1.00 bits per heavy atom. The van der Waals surface area contributed by atoms with Crippen LogP contribution in [0.2, 0.25) is 0 Å². The minimum atomic E-state index is -1.51. The quantitative estimate of drug-likeness (QED) is 0.0728. The van der Waals surface area contributed by atoms with Gasteiger partial charge in [-0.2, -0.15) is 0 Å². The molecule has 0 aromatic heterocycles. The first-order chi connectivity index (χ1) is 22.4. The highest BCUT2D eigenvalue weighted by Crippen LogP contribution is 2.43. The van der Waals surface area contributed by atoms with E-state index in [1.165, 1.54) is 12.1 Å². The van der Waals surface area contributed by atoms with E-state index in [1.807, 2.05) is 54.6 Å². The molecular weight excluding hydrogens is 592 g/mol. The standard InChI is InChI=1S/C35H33F2N5O4/c36-28-19-25(20-29(37)21-28)15-16-39-34(44)35(22-24-7-2-1-3-8-24)32(31-10-5-4-9-27(31)23-40-42-38)46-33(41-35)26-11-13-30(14-12-26)45-18-6-17-43/h1-5,7-14,19-21,32,43H,6,15-18,22-23H2,(H,39,44)/t32-,35-/m1/s1. The van der Waals surface area contributed by atoms with Crippen molar-refractivity contribution in [1.29, 1.82) is 0 Å². The summed E-state index contributed by atoms with van der Waals surface area (Å²) in [6, 6.07) is 27.1. The SMILES string of the molecule is [N-]=[N+]=NCc1ccccc1[C@H]1OC(c2ccc(OCCCO)cc2)=N[C@@]1(Cc1ccccc1)C(=O)NCCc1cc(F)cc(F)c1. The Labute approximate surface area is 265 Å². The molecule has 2 N–H and O–H groups in total. The van der Waals surface area contributed by atoms with Crippen LogP contribution in [-0.2, 0) is 28.9 Å². The number of ether oxygens (including phenoxy) is 2. The number of aliphatic hydroxyl groups excluding tert-OH is 1. The molecule has 2 atom stereocenters. The molecule has 0 radical (unpaired) electrons. The first-order valence-electron chi connectivity index (χ1n) is 14.9. The van der Waals surface area contributed by atoms with E-state index < -0.39 is 29.2 Å². The Balaban J connectivity index is 1.55. The molecule has 4 aromatic rings. The monoisotopic (exact) mass is 625 g/mol. The Morgan fingerprint density at radius 3 is 2.43 bits per heavy atom. The molecule has 1 amide bonds. The molecule has 236 valence electrons. The van der Waals surface area contributed by atoms with Crippen LogP contribution in [0.5, 0.6) is 5.75 Å². The zero-order valence-electron chi connectivity index (χ0n) is 25.0. The molecule has 11 heteroatoms. The molecule has 9 nitrogen and oxygen atoms in total. The third-order valence-corrected chi connectivity index (χ3v) is 7.61. The van der Waals surface area contributed by atoms with E-state index >= 15 is 0 Å². The van der Waals surface area contributed by atoms with Crippen LogP contribution < -0.4 is 10.1 Å². The van der Waals surface area contributed by atoms with Crippen LogP contribution in [0.25, 0.3) is 10.4 Å². The second kappa shape index (κ2) is 15.2. The molecule has 1 heterocycles. The molecule has 4 aromatic carbocycles. The van der Waals surface area contributed by atoms with E-state index in [2.05, 4.69) is 15.3 Å². The Kier molecular flexibility index (Phi) is 10.6. The van der Waals surface area contributed by atoms with Crippen molar-refractivity contribution in [2.45, 2.75) is 37.5 Å². The zero-order valence-corrected chi connectivity index (χ0v) is 25.0. The van der Waals surface area contributed by atoms with Crippen molar-refractivity contribution < 1.29 is 28.2 Å². The number of azide groups is 1. The van der Waals surface area contributed by atoms with Crippen molar-refractivity contribution in [2.24, 2.45) is 10.1 Å². The number of amides is 1. The van der Waals surface area contributed by atoms with Gasteiger partial charge in [-0.05, 0) is 70.6 Å². The number of carbonyl (C=O) groups is 1. The fraction of sp³-hybridized carbons (Fsp3) is 0.257. The molecule has 0 spiro atoms.